The Hall–Kier alpha value is -0.730. The molecular weight excluding hydrogens is 327 g/mol. The minimum atomic E-state index is 0.576. The monoisotopic (exact) mass is 354 g/mol. The van der Waals surface area contributed by atoms with E-state index >= 15 is 0 Å². The van der Waals surface area contributed by atoms with Crippen LogP contribution in [0, 0.1) is 6.92 Å². The van der Waals surface area contributed by atoms with E-state index < -0.39 is 0 Å². The zero-order valence-corrected chi connectivity index (χ0v) is 15.9. The average Bonchev–Trinajstić information content (AvgIpc) is 2.81. The number of nitrogens with zero attached hydrogens (tertiary/aromatic N) is 2. The van der Waals surface area contributed by atoms with E-state index in [1.54, 1.807) is 0 Å². The third kappa shape index (κ3) is 5.39. The molecule has 0 saturated heterocycles. The van der Waals surface area contributed by atoms with E-state index in [1.165, 1.54) is 57.8 Å². The van der Waals surface area contributed by atoms with Crippen molar-refractivity contribution in [2.45, 2.75) is 78.2 Å². The second-order valence-electron chi connectivity index (χ2n) is 6.39. The Kier molecular flexibility index (Phi) is 7.72. The van der Waals surface area contributed by atoms with Crippen LogP contribution >= 0.6 is 23.2 Å². The first-order chi connectivity index (χ1) is 11.1. The third-order valence-electron chi connectivity index (χ3n) is 4.47. The van der Waals surface area contributed by atoms with Gasteiger partial charge >= 0.3 is 0 Å². The van der Waals surface area contributed by atoms with Crippen LogP contribution in [0.2, 0.25) is 10.0 Å². The second kappa shape index (κ2) is 9.54. The van der Waals surface area contributed by atoms with Gasteiger partial charge in [0.05, 0.1) is 21.1 Å². The van der Waals surface area contributed by atoms with Crippen molar-refractivity contribution in [2.75, 3.05) is 0 Å². The minimum Gasteiger partial charge on any atom is -0.328 e. The fourth-order valence-electron chi connectivity index (χ4n) is 3.10. The number of halogens is 2. The summed E-state index contributed by atoms with van der Waals surface area (Å²) in [7, 11) is 0. The number of imidazole rings is 1. The van der Waals surface area contributed by atoms with Crippen molar-refractivity contribution in [3.05, 3.63) is 28.0 Å². The number of aryl methyl sites for hydroxylation is 2. The maximum atomic E-state index is 6.15. The van der Waals surface area contributed by atoms with Crippen LogP contribution in [0.25, 0.3) is 11.0 Å². The van der Waals surface area contributed by atoms with Crippen LogP contribution in [0.4, 0.5) is 0 Å². The molecule has 2 aromatic rings. The van der Waals surface area contributed by atoms with E-state index in [0.717, 1.165) is 23.4 Å². The number of benzene rings is 1. The molecule has 0 N–H and O–H groups in total. The summed E-state index contributed by atoms with van der Waals surface area (Å²) in [5, 5.41) is 1.18. The van der Waals surface area contributed by atoms with Crippen molar-refractivity contribution in [3.63, 3.8) is 0 Å². The van der Waals surface area contributed by atoms with Gasteiger partial charge in [0.25, 0.3) is 0 Å². The van der Waals surface area contributed by atoms with Crippen LogP contribution in [-0.2, 0) is 6.54 Å². The summed E-state index contributed by atoms with van der Waals surface area (Å²) in [6.45, 7) is 5.33. The number of fused-ring (bicyclic) bond motifs is 1. The lowest BCUT2D eigenvalue weighted by molar-refractivity contribution is 0.539. The van der Waals surface area contributed by atoms with Gasteiger partial charge in [0.15, 0.2) is 0 Å². The van der Waals surface area contributed by atoms with E-state index in [1.807, 2.05) is 12.1 Å². The van der Waals surface area contributed by atoms with Crippen molar-refractivity contribution in [1.29, 1.82) is 0 Å². The molecule has 1 aromatic heterocycles. The Morgan fingerprint density at radius 1 is 0.870 bits per heavy atom. The van der Waals surface area contributed by atoms with Crippen LogP contribution in [0.15, 0.2) is 12.1 Å². The number of aromatic nitrogens is 2. The molecule has 1 aromatic carbocycles. The third-order valence-corrected chi connectivity index (χ3v) is 5.19. The van der Waals surface area contributed by atoms with Gasteiger partial charge in [-0.2, -0.15) is 0 Å². The van der Waals surface area contributed by atoms with Gasteiger partial charge < -0.3 is 4.57 Å². The maximum absolute atomic E-state index is 6.15. The van der Waals surface area contributed by atoms with Crippen molar-refractivity contribution in [2.24, 2.45) is 0 Å². The van der Waals surface area contributed by atoms with E-state index in [0.29, 0.717) is 10.0 Å². The number of unbranched alkanes of at least 4 members (excludes halogenated alkanes) is 8. The van der Waals surface area contributed by atoms with Gasteiger partial charge in [-0.3, -0.25) is 0 Å². The molecule has 1 heterocycles. The molecule has 0 aliphatic heterocycles. The summed E-state index contributed by atoms with van der Waals surface area (Å²) >= 11 is 12.2. The highest BCUT2D eigenvalue weighted by Crippen LogP contribution is 2.28. The predicted molar refractivity (Wildman–Crippen MR) is 102 cm³/mol. The Balaban J connectivity index is 1.77. The van der Waals surface area contributed by atoms with Crippen molar-refractivity contribution in [3.8, 4) is 0 Å². The SMILES string of the molecule is CCCCCCCCCCCn1c(C)nc2cc(Cl)c(Cl)cc21. The van der Waals surface area contributed by atoms with Crippen LogP contribution in [0.3, 0.4) is 0 Å². The van der Waals surface area contributed by atoms with E-state index in [4.69, 9.17) is 23.2 Å². The molecule has 23 heavy (non-hydrogen) atoms. The smallest absolute Gasteiger partial charge is 0.106 e. The predicted octanol–water partition coefficient (Wildman–Crippen LogP) is 7.18. The number of hydrogen-bond acceptors (Lipinski definition) is 1. The summed E-state index contributed by atoms with van der Waals surface area (Å²) in [5.41, 5.74) is 2.03. The first-order valence-corrected chi connectivity index (χ1v) is 9.71. The van der Waals surface area contributed by atoms with Gasteiger partial charge in [0.1, 0.15) is 5.82 Å². The lowest BCUT2D eigenvalue weighted by Crippen LogP contribution is -2.00. The first-order valence-electron chi connectivity index (χ1n) is 8.95. The number of rotatable bonds is 10. The molecule has 2 nitrogen and oxygen atoms in total. The Morgan fingerprint density at radius 2 is 1.43 bits per heavy atom. The largest absolute Gasteiger partial charge is 0.328 e. The van der Waals surface area contributed by atoms with Crippen LogP contribution in [0.5, 0.6) is 0 Å². The van der Waals surface area contributed by atoms with Gasteiger partial charge in [-0.05, 0) is 25.5 Å². The molecule has 0 amide bonds. The van der Waals surface area contributed by atoms with Gasteiger partial charge in [0.2, 0.25) is 0 Å². The van der Waals surface area contributed by atoms with Gasteiger partial charge in [0, 0.05) is 6.54 Å². The van der Waals surface area contributed by atoms with Gasteiger partial charge in [-0.1, -0.05) is 81.5 Å². The molecule has 128 valence electrons. The summed E-state index contributed by atoms with van der Waals surface area (Å²) in [5.74, 6) is 1.04. The molecule has 0 fully saturated rings. The highest BCUT2D eigenvalue weighted by molar-refractivity contribution is 6.42. The van der Waals surface area contributed by atoms with E-state index in [-0.39, 0.29) is 0 Å². The lowest BCUT2D eigenvalue weighted by atomic mass is 10.1. The Labute approximate surface area is 150 Å². The van der Waals surface area contributed by atoms with Crippen molar-refractivity contribution >= 4 is 34.2 Å². The van der Waals surface area contributed by atoms with E-state index in [2.05, 4.69) is 23.4 Å². The molecule has 0 radical (unpaired) electrons. The topological polar surface area (TPSA) is 17.8 Å². The zero-order valence-electron chi connectivity index (χ0n) is 14.4. The fourth-order valence-corrected chi connectivity index (χ4v) is 3.42. The lowest BCUT2D eigenvalue weighted by Gasteiger charge is -2.07. The first kappa shape index (κ1) is 18.6. The molecule has 0 unspecified atom stereocenters. The van der Waals surface area contributed by atoms with Gasteiger partial charge in [-0.15, -0.1) is 0 Å². The molecule has 0 saturated carbocycles. The summed E-state index contributed by atoms with van der Waals surface area (Å²) in [6, 6.07) is 3.80. The molecule has 0 bridgehead atoms. The summed E-state index contributed by atoms with van der Waals surface area (Å²) < 4.78 is 2.26. The quantitative estimate of drug-likeness (QED) is 0.413. The molecule has 0 atom stereocenters. The number of hydrogen-bond donors (Lipinski definition) is 0. The normalized spacial score (nSPS) is 11.5. The summed E-state index contributed by atoms with van der Waals surface area (Å²) in [6.07, 6.45) is 12.1. The molecule has 2 rings (SSSR count). The van der Waals surface area contributed by atoms with Gasteiger partial charge in [-0.25, -0.2) is 4.98 Å². The molecule has 0 aliphatic carbocycles. The van der Waals surface area contributed by atoms with Crippen molar-refractivity contribution in [1.82, 2.24) is 9.55 Å². The standard InChI is InChI=1S/C19H28Cl2N2/c1-3-4-5-6-7-8-9-10-11-12-23-15(2)22-18-13-16(20)17(21)14-19(18)23/h13-14H,3-12H2,1-2H3. The minimum absolute atomic E-state index is 0.576. The fraction of sp³-hybridized carbons (Fsp3) is 0.632. The average molecular weight is 355 g/mol. The maximum Gasteiger partial charge on any atom is 0.106 e. The van der Waals surface area contributed by atoms with Crippen LogP contribution < -0.4 is 0 Å². The second-order valence-corrected chi connectivity index (χ2v) is 7.21. The molecule has 0 spiro atoms. The van der Waals surface area contributed by atoms with Crippen LogP contribution in [0.1, 0.15) is 70.5 Å². The molecular formula is C19H28Cl2N2. The Bertz CT molecular complexity index is 619. The molecule has 0 aliphatic rings. The Morgan fingerprint density at radius 3 is 2.09 bits per heavy atom. The van der Waals surface area contributed by atoms with Crippen molar-refractivity contribution < 1.29 is 0 Å². The van der Waals surface area contributed by atoms with E-state index in [9.17, 15) is 0 Å². The highest BCUT2D eigenvalue weighted by Gasteiger charge is 2.10. The zero-order chi connectivity index (χ0) is 16.7. The molecule has 4 heteroatoms. The highest BCUT2D eigenvalue weighted by atomic mass is 35.5. The van der Waals surface area contributed by atoms with Crippen LogP contribution in [-0.4, -0.2) is 9.55 Å². The summed E-state index contributed by atoms with van der Waals surface area (Å²) in [4.78, 5) is 4.59.